The molecule has 2 aromatic rings. The van der Waals surface area contributed by atoms with Crippen molar-refractivity contribution in [3.63, 3.8) is 0 Å². The highest BCUT2D eigenvalue weighted by Crippen LogP contribution is 2.19. The zero-order valence-electron chi connectivity index (χ0n) is 9.18. The van der Waals surface area contributed by atoms with Gasteiger partial charge in [0.25, 0.3) is 0 Å². The normalized spacial score (nSPS) is 10.1. The Labute approximate surface area is 94.9 Å². The number of hydrogen-bond donors (Lipinski definition) is 1. The van der Waals surface area contributed by atoms with Crippen LogP contribution in [0.25, 0.3) is 11.3 Å². The van der Waals surface area contributed by atoms with E-state index in [2.05, 4.69) is 4.98 Å². The maximum atomic E-state index is 5.54. The highest BCUT2D eigenvalue weighted by atomic mass is 16.5. The van der Waals surface area contributed by atoms with E-state index in [1.54, 1.807) is 13.3 Å². The molecule has 0 saturated carbocycles. The number of benzene rings is 1. The van der Waals surface area contributed by atoms with Crippen molar-refractivity contribution in [3.05, 3.63) is 48.2 Å². The molecule has 16 heavy (non-hydrogen) atoms. The molecule has 3 nitrogen and oxygen atoms in total. The average Bonchev–Trinajstić information content (AvgIpc) is 2.39. The summed E-state index contributed by atoms with van der Waals surface area (Å²) in [5.74, 6) is 0.766. The third-order valence-corrected chi connectivity index (χ3v) is 2.46. The maximum absolute atomic E-state index is 5.54. The second-order valence-corrected chi connectivity index (χ2v) is 3.48. The SMILES string of the molecule is COc1ccc(-c2ccc(CN)cc2)nc1. The fraction of sp³-hybridized carbons (Fsp3) is 0.154. The van der Waals surface area contributed by atoms with Gasteiger partial charge < -0.3 is 10.5 Å². The third-order valence-electron chi connectivity index (χ3n) is 2.46. The quantitative estimate of drug-likeness (QED) is 0.852. The largest absolute Gasteiger partial charge is 0.495 e. The van der Waals surface area contributed by atoms with Crippen molar-refractivity contribution in [2.75, 3.05) is 7.11 Å². The third kappa shape index (κ3) is 2.20. The molecular formula is C13H14N2O. The highest BCUT2D eigenvalue weighted by molar-refractivity contribution is 5.59. The summed E-state index contributed by atoms with van der Waals surface area (Å²) < 4.78 is 5.06. The van der Waals surface area contributed by atoms with Crippen LogP contribution in [0, 0.1) is 0 Å². The Hall–Kier alpha value is -1.87. The van der Waals surface area contributed by atoms with Crippen molar-refractivity contribution in [1.29, 1.82) is 0 Å². The molecule has 0 amide bonds. The molecule has 0 aliphatic carbocycles. The molecule has 2 N–H and O–H groups in total. The number of rotatable bonds is 3. The van der Waals surface area contributed by atoms with Gasteiger partial charge in [0.05, 0.1) is 19.0 Å². The molecule has 0 spiro atoms. The van der Waals surface area contributed by atoms with Gasteiger partial charge in [-0.15, -0.1) is 0 Å². The summed E-state index contributed by atoms with van der Waals surface area (Å²) in [6.07, 6.45) is 1.71. The molecule has 1 aromatic carbocycles. The van der Waals surface area contributed by atoms with Crippen LogP contribution in [0.3, 0.4) is 0 Å². The van der Waals surface area contributed by atoms with Gasteiger partial charge in [0.2, 0.25) is 0 Å². The van der Waals surface area contributed by atoms with Crippen LogP contribution in [-0.2, 0) is 6.54 Å². The molecule has 82 valence electrons. The summed E-state index contributed by atoms with van der Waals surface area (Å²) in [5.41, 5.74) is 8.68. The summed E-state index contributed by atoms with van der Waals surface area (Å²) in [5, 5.41) is 0. The van der Waals surface area contributed by atoms with E-state index < -0.39 is 0 Å². The minimum atomic E-state index is 0.566. The van der Waals surface area contributed by atoms with E-state index in [-0.39, 0.29) is 0 Å². The zero-order valence-corrected chi connectivity index (χ0v) is 9.18. The van der Waals surface area contributed by atoms with Crippen LogP contribution in [0.5, 0.6) is 5.75 Å². The number of ether oxygens (including phenoxy) is 1. The van der Waals surface area contributed by atoms with E-state index in [4.69, 9.17) is 10.5 Å². The van der Waals surface area contributed by atoms with Gasteiger partial charge in [-0.3, -0.25) is 4.98 Å². The minimum Gasteiger partial charge on any atom is -0.495 e. The van der Waals surface area contributed by atoms with Crippen LogP contribution in [0.2, 0.25) is 0 Å². The fourth-order valence-corrected chi connectivity index (χ4v) is 1.48. The van der Waals surface area contributed by atoms with Gasteiger partial charge in [-0.2, -0.15) is 0 Å². The van der Waals surface area contributed by atoms with Crippen LogP contribution in [0.4, 0.5) is 0 Å². The predicted octanol–water partition coefficient (Wildman–Crippen LogP) is 2.22. The predicted molar refractivity (Wildman–Crippen MR) is 64.1 cm³/mol. The Morgan fingerprint density at radius 1 is 1.12 bits per heavy atom. The summed E-state index contributed by atoms with van der Waals surface area (Å²) in [6, 6.07) is 11.9. The molecule has 2 rings (SSSR count). The van der Waals surface area contributed by atoms with Gasteiger partial charge in [-0.05, 0) is 17.7 Å². The van der Waals surface area contributed by atoms with E-state index in [1.807, 2.05) is 36.4 Å². The van der Waals surface area contributed by atoms with Crippen LogP contribution < -0.4 is 10.5 Å². The lowest BCUT2D eigenvalue weighted by Crippen LogP contribution is -1.95. The van der Waals surface area contributed by atoms with Crippen LogP contribution in [0.1, 0.15) is 5.56 Å². The number of methoxy groups -OCH3 is 1. The summed E-state index contributed by atoms with van der Waals surface area (Å²) in [4.78, 5) is 4.32. The molecule has 0 bridgehead atoms. The smallest absolute Gasteiger partial charge is 0.137 e. The minimum absolute atomic E-state index is 0.566. The van der Waals surface area contributed by atoms with E-state index in [0.29, 0.717) is 6.54 Å². The molecule has 0 radical (unpaired) electrons. The van der Waals surface area contributed by atoms with Gasteiger partial charge in [-0.25, -0.2) is 0 Å². The molecule has 1 aromatic heterocycles. The first-order valence-corrected chi connectivity index (χ1v) is 5.13. The van der Waals surface area contributed by atoms with Crippen molar-refractivity contribution in [2.24, 2.45) is 5.73 Å². The maximum Gasteiger partial charge on any atom is 0.137 e. The number of nitrogens with two attached hydrogens (primary N) is 1. The average molecular weight is 214 g/mol. The van der Waals surface area contributed by atoms with Crippen molar-refractivity contribution in [3.8, 4) is 17.0 Å². The fourth-order valence-electron chi connectivity index (χ4n) is 1.48. The molecule has 1 heterocycles. The highest BCUT2D eigenvalue weighted by Gasteiger charge is 1.99. The summed E-state index contributed by atoms with van der Waals surface area (Å²) in [6.45, 7) is 0.566. The molecule has 3 heteroatoms. The van der Waals surface area contributed by atoms with Crippen molar-refractivity contribution >= 4 is 0 Å². The summed E-state index contributed by atoms with van der Waals surface area (Å²) >= 11 is 0. The lowest BCUT2D eigenvalue weighted by molar-refractivity contribution is 0.413. The van der Waals surface area contributed by atoms with Gasteiger partial charge in [-0.1, -0.05) is 24.3 Å². The number of aromatic nitrogens is 1. The number of hydrogen-bond acceptors (Lipinski definition) is 3. The van der Waals surface area contributed by atoms with Crippen molar-refractivity contribution < 1.29 is 4.74 Å². The Morgan fingerprint density at radius 2 is 1.88 bits per heavy atom. The van der Waals surface area contributed by atoms with E-state index in [1.165, 1.54) is 0 Å². The molecule has 0 aliphatic rings. The second-order valence-electron chi connectivity index (χ2n) is 3.48. The van der Waals surface area contributed by atoms with E-state index in [0.717, 1.165) is 22.6 Å². The molecular weight excluding hydrogens is 200 g/mol. The second kappa shape index (κ2) is 4.77. The molecule has 0 atom stereocenters. The molecule has 0 aliphatic heterocycles. The molecule has 0 unspecified atom stereocenters. The topological polar surface area (TPSA) is 48.1 Å². The van der Waals surface area contributed by atoms with Crippen LogP contribution in [-0.4, -0.2) is 12.1 Å². The Kier molecular flexibility index (Phi) is 3.17. The molecule has 0 fully saturated rings. The number of nitrogens with zero attached hydrogens (tertiary/aromatic N) is 1. The van der Waals surface area contributed by atoms with Crippen LogP contribution in [0.15, 0.2) is 42.6 Å². The monoisotopic (exact) mass is 214 g/mol. The summed E-state index contributed by atoms with van der Waals surface area (Å²) in [7, 11) is 1.63. The van der Waals surface area contributed by atoms with Crippen molar-refractivity contribution in [1.82, 2.24) is 4.98 Å². The van der Waals surface area contributed by atoms with E-state index >= 15 is 0 Å². The van der Waals surface area contributed by atoms with Gasteiger partial charge in [0, 0.05) is 12.1 Å². The lowest BCUT2D eigenvalue weighted by Gasteiger charge is -2.03. The van der Waals surface area contributed by atoms with Gasteiger partial charge >= 0.3 is 0 Å². The standard InChI is InChI=1S/C13H14N2O/c1-16-12-6-7-13(15-9-12)11-4-2-10(8-14)3-5-11/h2-7,9H,8,14H2,1H3. The lowest BCUT2D eigenvalue weighted by atomic mass is 10.1. The van der Waals surface area contributed by atoms with Crippen molar-refractivity contribution in [2.45, 2.75) is 6.54 Å². The van der Waals surface area contributed by atoms with Crippen LogP contribution >= 0.6 is 0 Å². The Morgan fingerprint density at radius 3 is 2.38 bits per heavy atom. The Bertz CT molecular complexity index is 403. The van der Waals surface area contributed by atoms with Gasteiger partial charge in [0.15, 0.2) is 0 Å². The first-order chi connectivity index (χ1) is 7.83. The first-order valence-electron chi connectivity index (χ1n) is 5.13. The van der Waals surface area contributed by atoms with E-state index in [9.17, 15) is 0 Å². The number of pyridine rings is 1. The Balaban J connectivity index is 2.28. The zero-order chi connectivity index (χ0) is 11.4. The molecule has 0 saturated heterocycles. The van der Waals surface area contributed by atoms with Gasteiger partial charge in [0.1, 0.15) is 5.75 Å². The first kappa shape index (κ1) is 10.6.